The number of carbonyl (C=O) groups is 5. The molecule has 2 heterocycles. The summed E-state index contributed by atoms with van der Waals surface area (Å²) in [6, 6.07) is 8.71. The van der Waals surface area contributed by atoms with Gasteiger partial charge in [-0.3, -0.25) is 29.0 Å². The lowest BCUT2D eigenvalue weighted by molar-refractivity contribution is -0.138. The normalized spacial score (nSPS) is 31.5. The Hall–Kier alpha value is -2.68. The first kappa shape index (κ1) is 30.4. The summed E-state index contributed by atoms with van der Waals surface area (Å²) in [5.74, 6) is -7.22. The first-order valence-corrected chi connectivity index (χ1v) is 16.0. The number of anilines is 1. The maximum Gasteiger partial charge on any atom is 0.335 e. The fourth-order valence-electron chi connectivity index (χ4n) is 7.08. The maximum atomic E-state index is 14.1. The van der Waals surface area contributed by atoms with E-state index >= 15 is 0 Å². The van der Waals surface area contributed by atoms with Crippen molar-refractivity contribution in [2.24, 2.45) is 17.8 Å². The van der Waals surface area contributed by atoms with E-state index in [2.05, 4.69) is 15.9 Å². The van der Waals surface area contributed by atoms with Crippen LogP contribution < -0.4 is 9.64 Å². The van der Waals surface area contributed by atoms with Crippen LogP contribution >= 0.6 is 61.7 Å². The number of ether oxygens (including phenoxy) is 1. The van der Waals surface area contributed by atoms with Crippen molar-refractivity contribution < 1.29 is 38.9 Å². The van der Waals surface area contributed by atoms with E-state index in [1.54, 1.807) is 12.1 Å². The van der Waals surface area contributed by atoms with Crippen molar-refractivity contribution in [3.63, 3.8) is 0 Å². The van der Waals surface area contributed by atoms with Crippen LogP contribution in [-0.2, 0) is 19.2 Å². The molecule has 10 nitrogen and oxygen atoms in total. The second kappa shape index (κ2) is 10.5. The predicted octanol–water partition coefficient (Wildman–Crippen LogP) is 4.62. The number of rotatable bonds is 5. The van der Waals surface area contributed by atoms with Gasteiger partial charge in [0.25, 0.3) is 11.8 Å². The number of allylic oxidation sites excluding steroid dienone is 2. The molecule has 0 aromatic heterocycles. The van der Waals surface area contributed by atoms with Crippen LogP contribution in [0.1, 0.15) is 34.7 Å². The average molecular weight is 804 g/mol. The van der Waals surface area contributed by atoms with Crippen molar-refractivity contribution in [2.75, 3.05) is 17.5 Å². The highest BCUT2D eigenvalue weighted by molar-refractivity contribution is 14.1. The molecule has 2 aromatic rings. The Morgan fingerprint density at radius 2 is 1.84 bits per heavy atom. The van der Waals surface area contributed by atoms with Gasteiger partial charge in [0.15, 0.2) is 21.2 Å². The third-order valence-corrected chi connectivity index (χ3v) is 11.7. The van der Waals surface area contributed by atoms with E-state index < -0.39 is 63.0 Å². The van der Waals surface area contributed by atoms with Crippen molar-refractivity contribution in [1.82, 2.24) is 4.90 Å². The molecule has 2 N–H and O–H groups in total. The highest BCUT2D eigenvalue weighted by Gasteiger charge is 2.76. The summed E-state index contributed by atoms with van der Waals surface area (Å²) in [4.78, 5) is 65.0. The fourth-order valence-corrected chi connectivity index (χ4v) is 9.13. The Morgan fingerprint density at radius 1 is 1.12 bits per heavy atom. The number of fused-ring (bicyclic) bond motifs is 4. The van der Waals surface area contributed by atoms with E-state index in [1.165, 1.54) is 37.4 Å². The number of hydrogen-bond acceptors (Lipinski definition) is 7. The molecule has 14 heteroatoms. The summed E-state index contributed by atoms with van der Waals surface area (Å²) >= 11 is 19.6. The molecule has 4 amide bonds. The number of carboxylic acids is 1. The standard InChI is InChI=1S/C29H22BrCl2IN2O8/c1-43-19-9-13(8-18(33)22(19)36)21-15-5-6-16-20(17(15)10-28(31)26(41)34(11-30)27(42)29(21,28)32)24(38)35(23(16)37)14-4-2-3-12(7-14)25(39)40/h2-5,7-9,16-17,20-21,36H,6,10-11H2,1H3,(H,39,40)/t16-,17+,20-,21-,28+,29-/m0/s1. The Morgan fingerprint density at radius 3 is 2.49 bits per heavy atom. The van der Waals surface area contributed by atoms with Crippen molar-refractivity contribution in [3.05, 3.63) is 62.7 Å². The molecule has 0 spiro atoms. The molecule has 6 atom stereocenters. The lowest BCUT2D eigenvalue weighted by Gasteiger charge is -2.50. The molecule has 2 saturated heterocycles. The quantitative estimate of drug-likeness (QED) is 0.147. The molecule has 2 aromatic carbocycles. The van der Waals surface area contributed by atoms with Gasteiger partial charge in [0, 0.05) is 5.92 Å². The minimum atomic E-state index is -2.00. The zero-order valence-electron chi connectivity index (χ0n) is 22.2. The van der Waals surface area contributed by atoms with Crippen molar-refractivity contribution in [2.45, 2.75) is 28.5 Å². The Labute approximate surface area is 277 Å². The monoisotopic (exact) mass is 802 g/mol. The molecule has 224 valence electrons. The molecule has 1 saturated carbocycles. The van der Waals surface area contributed by atoms with Gasteiger partial charge in [-0.2, -0.15) is 0 Å². The summed E-state index contributed by atoms with van der Waals surface area (Å²) in [6.45, 7) is 0. The second-order valence-corrected chi connectivity index (χ2v) is 13.8. The van der Waals surface area contributed by atoms with Gasteiger partial charge in [0.1, 0.15) is 0 Å². The van der Waals surface area contributed by atoms with Crippen LogP contribution in [0.2, 0.25) is 0 Å². The van der Waals surface area contributed by atoms with E-state index in [9.17, 15) is 34.2 Å². The number of aromatic carboxylic acids is 1. The highest BCUT2D eigenvalue weighted by Crippen LogP contribution is 2.66. The molecule has 2 aliphatic carbocycles. The number of carbonyl (C=O) groups excluding carboxylic acids is 4. The van der Waals surface area contributed by atoms with E-state index in [0.717, 1.165) is 9.80 Å². The first-order valence-electron chi connectivity index (χ1n) is 13.1. The molecule has 2 aliphatic heterocycles. The van der Waals surface area contributed by atoms with E-state index in [4.69, 9.17) is 27.9 Å². The largest absolute Gasteiger partial charge is 0.504 e. The number of nitrogens with zero attached hydrogens (tertiary/aromatic N) is 2. The van der Waals surface area contributed by atoms with Crippen LogP contribution in [0.3, 0.4) is 0 Å². The van der Waals surface area contributed by atoms with Gasteiger partial charge in [-0.25, -0.2) is 4.79 Å². The summed E-state index contributed by atoms with van der Waals surface area (Å²) < 4.78 is 5.77. The molecular weight excluding hydrogens is 782 g/mol. The SMILES string of the molecule is COc1cc([C@H]2C3=CC[C@@H]4C(=O)N(c5cccc(C(=O)O)c5)C(=O)[C@@H]4[C@@H]3C[C@@]3(Cl)C(=O)N(CBr)C(=O)[C@@]23Cl)cc(I)c1O. The minimum absolute atomic E-state index is 0.0861. The number of phenolic OH excluding ortho intramolecular Hbond substituents is 1. The van der Waals surface area contributed by atoms with Crippen LogP contribution in [0.25, 0.3) is 0 Å². The average Bonchev–Trinajstić information content (AvgIpc) is 3.32. The van der Waals surface area contributed by atoms with Crippen molar-refractivity contribution >= 4 is 97.0 Å². The molecule has 3 fully saturated rings. The number of hydrogen-bond donors (Lipinski definition) is 2. The molecule has 0 bridgehead atoms. The van der Waals surface area contributed by atoms with Crippen LogP contribution in [-0.4, -0.2) is 67.0 Å². The molecule has 0 radical (unpaired) electrons. The van der Waals surface area contributed by atoms with Crippen molar-refractivity contribution in [3.8, 4) is 11.5 Å². The van der Waals surface area contributed by atoms with Gasteiger partial charge < -0.3 is 14.9 Å². The zero-order chi connectivity index (χ0) is 31.2. The fraction of sp³-hybridized carbons (Fsp3) is 0.345. The number of likely N-dealkylation sites (tertiary alicyclic amines) is 1. The third-order valence-electron chi connectivity index (χ3n) is 8.97. The van der Waals surface area contributed by atoms with Crippen LogP contribution in [0.4, 0.5) is 5.69 Å². The number of phenols is 1. The lowest BCUT2D eigenvalue weighted by atomic mass is 9.56. The van der Waals surface area contributed by atoms with E-state index in [1.807, 2.05) is 22.6 Å². The first-order chi connectivity index (χ1) is 20.3. The summed E-state index contributed by atoms with van der Waals surface area (Å²) in [7, 11) is 1.37. The summed E-state index contributed by atoms with van der Waals surface area (Å²) in [5, 5.41) is 20.0. The van der Waals surface area contributed by atoms with Crippen LogP contribution in [0.5, 0.6) is 11.5 Å². The predicted molar refractivity (Wildman–Crippen MR) is 167 cm³/mol. The van der Waals surface area contributed by atoms with Gasteiger partial charge in [-0.1, -0.05) is 33.6 Å². The highest BCUT2D eigenvalue weighted by atomic mass is 127. The Bertz CT molecular complexity index is 1690. The van der Waals surface area contributed by atoms with E-state index in [-0.39, 0.29) is 41.0 Å². The molecular formula is C29H22BrCl2IN2O8. The number of aromatic hydroxyl groups is 1. The number of halogens is 4. The third kappa shape index (κ3) is 4.05. The summed E-state index contributed by atoms with van der Waals surface area (Å²) in [5.41, 5.74) is 0.903. The topological polar surface area (TPSA) is 142 Å². The maximum absolute atomic E-state index is 14.1. The number of alkyl halides is 3. The zero-order valence-corrected chi connectivity index (χ0v) is 27.5. The summed E-state index contributed by atoms with van der Waals surface area (Å²) in [6.07, 6.45) is 1.75. The van der Waals surface area contributed by atoms with Crippen molar-refractivity contribution in [1.29, 1.82) is 0 Å². The number of amides is 4. The van der Waals surface area contributed by atoms with Gasteiger partial charge in [0.2, 0.25) is 11.8 Å². The van der Waals surface area contributed by atoms with Gasteiger partial charge in [-0.05, 0) is 77.2 Å². The van der Waals surface area contributed by atoms with Gasteiger partial charge in [0.05, 0.1) is 39.2 Å². The molecule has 4 aliphatic rings. The van der Waals surface area contributed by atoms with Crippen LogP contribution in [0, 0.1) is 21.3 Å². The second-order valence-electron chi connectivity index (χ2n) is 10.9. The van der Waals surface area contributed by atoms with Crippen LogP contribution in [0.15, 0.2) is 48.0 Å². The minimum Gasteiger partial charge on any atom is -0.504 e. The Kier molecular flexibility index (Phi) is 7.38. The Balaban J connectivity index is 1.53. The molecule has 6 rings (SSSR count). The molecule has 43 heavy (non-hydrogen) atoms. The number of benzene rings is 2. The number of carboxylic acid groups (broad SMARTS) is 1. The smallest absolute Gasteiger partial charge is 0.335 e. The van der Waals surface area contributed by atoms with E-state index in [0.29, 0.717) is 14.7 Å². The number of methoxy groups -OCH3 is 1. The van der Waals surface area contributed by atoms with Gasteiger partial charge in [-0.15, -0.1) is 23.2 Å². The number of imide groups is 2. The van der Waals surface area contributed by atoms with Gasteiger partial charge >= 0.3 is 5.97 Å². The lowest BCUT2D eigenvalue weighted by Crippen LogP contribution is -2.60. The molecule has 0 unspecified atom stereocenters.